The minimum atomic E-state index is -0.447. The van der Waals surface area contributed by atoms with Crippen LogP contribution in [0.3, 0.4) is 0 Å². The molecule has 1 saturated heterocycles. The average molecular weight is 570 g/mol. The van der Waals surface area contributed by atoms with Crippen molar-refractivity contribution in [2.45, 2.75) is 44.2 Å². The molecule has 42 heavy (non-hydrogen) atoms. The van der Waals surface area contributed by atoms with Crippen LogP contribution in [-0.4, -0.2) is 67.7 Å². The van der Waals surface area contributed by atoms with Crippen molar-refractivity contribution >= 4 is 29.3 Å². The number of hydrogen-bond donors (Lipinski definition) is 4. The van der Waals surface area contributed by atoms with Gasteiger partial charge in [-0.05, 0) is 55.5 Å². The zero-order valence-electron chi connectivity index (χ0n) is 23.8. The maximum absolute atomic E-state index is 12.7. The molecule has 4 N–H and O–H groups in total. The Labute approximate surface area is 247 Å². The van der Waals surface area contributed by atoms with E-state index in [0.29, 0.717) is 43.3 Å². The summed E-state index contributed by atoms with van der Waals surface area (Å²) in [7, 11) is 0. The standard InChI is InChI=1S/C33H39N5O4/c39-31(15-18-34-26-13-14-26)36-27-10-6-9-25(23-27)32(40)35-19-22-38-20-16-28(17-21-38)42-33(41)37-30-12-5-4-11-29(30)24-7-2-1-3-8-24/h1-12,23,26,28,34H,13-22H2,(H,35,40)(H,36,39)(H,37,41). The first kappa shape index (κ1) is 29.3. The molecule has 1 aliphatic heterocycles. The SMILES string of the molecule is O=C(CCNC1CC1)Nc1cccc(C(=O)NCCN2CCC(OC(=O)Nc3ccccc3-c3ccccc3)CC2)c1. The van der Waals surface area contributed by atoms with Crippen LogP contribution in [0, 0.1) is 0 Å². The van der Waals surface area contributed by atoms with Gasteiger partial charge >= 0.3 is 6.09 Å². The molecule has 0 atom stereocenters. The van der Waals surface area contributed by atoms with Crippen LogP contribution in [0.1, 0.15) is 42.5 Å². The summed E-state index contributed by atoms with van der Waals surface area (Å²) in [6, 6.07) is 25.2. The molecular formula is C33H39N5O4. The summed E-state index contributed by atoms with van der Waals surface area (Å²) in [5.41, 5.74) is 3.82. The fourth-order valence-electron chi connectivity index (χ4n) is 5.07. The maximum Gasteiger partial charge on any atom is 0.411 e. The van der Waals surface area contributed by atoms with Gasteiger partial charge in [-0.1, -0.05) is 54.6 Å². The number of nitrogens with one attached hydrogen (secondary N) is 4. The van der Waals surface area contributed by atoms with Gasteiger partial charge in [-0.3, -0.25) is 14.9 Å². The fraction of sp³-hybridized carbons (Fsp3) is 0.364. The number of amides is 3. The molecule has 2 fully saturated rings. The van der Waals surface area contributed by atoms with Gasteiger partial charge in [0.2, 0.25) is 5.91 Å². The van der Waals surface area contributed by atoms with Crippen molar-refractivity contribution in [3.05, 3.63) is 84.4 Å². The van der Waals surface area contributed by atoms with Gasteiger partial charge in [-0.2, -0.15) is 0 Å². The summed E-state index contributed by atoms with van der Waals surface area (Å²) in [5, 5.41) is 12.1. The number of hydrogen-bond acceptors (Lipinski definition) is 6. The Balaban J connectivity index is 0.996. The first-order valence-electron chi connectivity index (χ1n) is 14.8. The monoisotopic (exact) mass is 569 g/mol. The van der Waals surface area contributed by atoms with Crippen LogP contribution in [0.5, 0.6) is 0 Å². The summed E-state index contributed by atoms with van der Waals surface area (Å²) >= 11 is 0. The molecule has 1 aliphatic carbocycles. The minimum absolute atomic E-state index is 0.0671. The van der Waals surface area contributed by atoms with Gasteiger partial charge in [0.15, 0.2) is 0 Å². The molecule has 0 radical (unpaired) electrons. The van der Waals surface area contributed by atoms with Crippen molar-refractivity contribution in [2.75, 3.05) is 43.4 Å². The minimum Gasteiger partial charge on any atom is -0.446 e. The molecule has 9 heteroatoms. The van der Waals surface area contributed by atoms with E-state index in [1.54, 1.807) is 24.3 Å². The highest BCUT2D eigenvalue weighted by Gasteiger charge is 2.23. The zero-order valence-corrected chi connectivity index (χ0v) is 23.8. The van der Waals surface area contributed by atoms with Crippen LogP contribution in [0.2, 0.25) is 0 Å². The summed E-state index contributed by atoms with van der Waals surface area (Å²) in [6.45, 7) is 3.44. The fourth-order valence-corrected chi connectivity index (χ4v) is 5.07. The molecular weight excluding hydrogens is 530 g/mol. The highest BCUT2D eigenvalue weighted by Crippen LogP contribution is 2.28. The normalized spacial score (nSPS) is 15.5. The molecule has 1 heterocycles. The predicted octanol–water partition coefficient (Wildman–Crippen LogP) is 4.88. The van der Waals surface area contributed by atoms with Crippen LogP contribution < -0.4 is 21.3 Å². The number of carbonyl (C=O) groups is 3. The molecule has 0 spiro atoms. The smallest absolute Gasteiger partial charge is 0.411 e. The van der Waals surface area contributed by atoms with E-state index in [-0.39, 0.29) is 17.9 Å². The lowest BCUT2D eigenvalue weighted by atomic mass is 10.0. The lowest BCUT2D eigenvalue weighted by Gasteiger charge is -2.31. The average Bonchev–Trinajstić information content (AvgIpc) is 3.83. The van der Waals surface area contributed by atoms with Crippen molar-refractivity contribution < 1.29 is 19.1 Å². The molecule has 3 aromatic rings. The largest absolute Gasteiger partial charge is 0.446 e. The molecule has 3 aromatic carbocycles. The van der Waals surface area contributed by atoms with Crippen LogP contribution in [0.25, 0.3) is 11.1 Å². The molecule has 0 aromatic heterocycles. The second kappa shape index (κ2) is 14.6. The first-order chi connectivity index (χ1) is 20.5. The number of benzene rings is 3. The van der Waals surface area contributed by atoms with Gasteiger partial charge < -0.3 is 25.6 Å². The maximum atomic E-state index is 12.7. The number of anilines is 2. The topological polar surface area (TPSA) is 112 Å². The molecule has 3 amide bonds. The number of ether oxygens (including phenoxy) is 1. The summed E-state index contributed by atoms with van der Waals surface area (Å²) < 4.78 is 5.73. The van der Waals surface area contributed by atoms with E-state index in [4.69, 9.17) is 4.74 Å². The lowest BCUT2D eigenvalue weighted by Crippen LogP contribution is -2.42. The number of piperidine rings is 1. The van der Waals surface area contributed by atoms with Crippen LogP contribution in [0.4, 0.5) is 16.2 Å². The van der Waals surface area contributed by atoms with Crippen molar-refractivity contribution in [3.8, 4) is 11.1 Å². The molecule has 2 aliphatic rings. The number of carbonyl (C=O) groups excluding carboxylic acids is 3. The highest BCUT2D eigenvalue weighted by molar-refractivity contribution is 5.97. The van der Waals surface area contributed by atoms with Gasteiger partial charge in [0.05, 0.1) is 5.69 Å². The van der Waals surface area contributed by atoms with Gasteiger partial charge in [0.25, 0.3) is 5.91 Å². The summed E-state index contributed by atoms with van der Waals surface area (Å²) in [6.07, 6.45) is 3.66. The quantitative estimate of drug-likeness (QED) is 0.248. The van der Waals surface area contributed by atoms with Crippen molar-refractivity contribution in [1.82, 2.24) is 15.5 Å². The van der Waals surface area contributed by atoms with E-state index >= 15 is 0 Å². The van der Waals surface area contributed by atoms with Crippen LogP contribution in [-0.2, 0) is 9.53 Å². The highest BCUT2D eigenvalue weighted by atomic mass is 16.6. The number of rotatable bonds is 12. The Morgan fingerprint density at radius 1 is 0.810 bits per heavy atom. The third kappa shape index (κ3) is 8.89. The van der Waals surface area contributed by atoms with E-state index in [9.17, 15) is 14.4 Å². The Bertz CT molecular complexity index is 1350. The molecule has 9 nitrogen and oxygen atoms in total. The van der Waals surface area contributed by atoms with Crippen molar-refractivity contribution in [2.24, 2.45) is 0 Å². The van der Waals surface area contributed by atoms with Gasteiger partial charge in [0.1, 0.15) is 6.10 Å². The Hall–Kier alpha value is -4.21. The first-order valence-corrected chi connectivity index (χ1v) is 14.8. The summed E-state index contributed by atoms with van der Waals surface area (Å²) in [5.74, 6) is -0.241. The lowest BCUT2D eigenvalue weighted by molar-refractivity contribution is -0.116. The van der Waals surface area contributed by atoms with E-state index < -0.39 is 6.09 Å². The third-order valence-corrected chi connectivity index (χ3v) is 7.54. The number of likely N-dealkylation sites (tertiary alicyclic amines) is 1. The van der Waals surface area contributed by atoms with E-state index in [1.165, 1.54) is 12.8 Å². The zero-order chi connectivity index (χ0) is 29.1. The summed E-state index contributed by atoms with van der Waals surface area (Å²) in [4.78, 5) is 39.8. The second-order valence-electron chi connectivity index (χ2n) is 10.8. The van der Waals surface area contributed by atoms with Crippen LogP contribution >= 0.6 is 0 Å². The van der Waals surface area contributed by atoms with Gasteiger partial charge in [-0.25, -0.2) is 4.79 Å². The molecule has 0 unspecified atom stereocenters. The van der Waals surface area contributed by atoms with Crippen molar-refractivity contribution in [1.29, 1.82) is 0 Å². The molecule has 220 valence electrons. The molecule has 1 saturated carbocycles. The number of para-hydroxylation sites is 1. The van der Waals surface area contributed by atoms with Gasteiger partial charge in [-0.15, -0.1) is 0 Å². The Morgan fingerprint density at radius 3 is 2.36 bits per heavy atom. The molecule has 0 bridgehead atoms. The Morgan fingerprint density at radius 2 is 1.57 bits per heavy atom. The number of nitrogens with zero attached hydrogens (tertiary/aromatic N) is 1. The second-order valence-corrected chi connectivity index (χ2v) is 10.8. The van der Waals surface area contributed by atoms with E-state index in [2.05, 4.69) is 26.2 Å². The van der Waals surface area contributed by atoms with Crippen molar-refractivity contribution in [3.63, 3.8) is 0 Å². The molecule has 5 rings (SSSR count). The van der Waals surface area contributed by atoms with E-state index in [1.807, 2.05) is 54.6 Å². The Kier molecular flexibility index (Phi) is 10.2. The predicted molar refractivity (Wildman–Crippen MR) is 164 cm³/mol. The van der Waals surface area contributed by atoms with Crippen LogP contribution in [0.15, 0.2) is 78.9 Å². The van der Waals surface area contributed by atoms with E-state index in [0.717, 1.165) is 42.7 Å². The third-order valence-electron chi connectivity index (χ3n) is 7.54. The van der Waals surface area contributed by atoms with Gasteiger partial charge in [0, 0.05) is 62.0 Å².